The third-order valence-electron chi connectivity index (χ3n) is 2.29. The van der Waals surface area contributed by atoms with Gasteiger partial charge in [-0.25, -0.2) is 0 Å². The van der Waals surface area contributed by atoms with E-state index in [2.05, 4.69) is 5.32 Å². The summed E-state index contributed by atoms with van der Waals surface area (Å²) in [7, 11) is 1.77. The van der Waals surface area contributed by atoms with Gasteiger partial charge in [0.25, 0.3) is 0 Å². The number of nitrogens with one attached hydrogen (secondary N) is 1. The van der Waals surface area contributed by atoms with Crippen LogP contribution in [-0.2, 0) is 0 Å². The lowest BCUT2D eigenvalue weighted by atomic mass is 9.93. The second-order valence-electron chi connectivity index (χ2n) is 3.67. The van der Waals surface area contributed by atoms with Gasteiger partial charge in [0.2, 0.25) is 0 Å². The fraction of sp³-hybridized carbons (Fsp3) is 0.500. The monoisotopic (exact) mass is 181 g/mol. The van der Waals surface area contributed by atoms with E-state index in [1.807, 2.05) is 20.8 Å². The van der Waals surface area contributed by atoms with E-state index in [4.69, 9.17) is 4.42 Å². The maximum Gasteiger partial charge on any atom is 0.185 e. The van der Waals surface area contributed by atoms with Gasteiger partial charge in [0.15, 0.2) is 5.78 Å². The normalized spacial score (nSPS) is 11.7. The van der Waals surface area contributed by atoms with Gasteiger partial charge in [0.05, 0.1) is 17.4 Å². The van der Waals surface area contributed by atoms with Gasteiger partial charge in [-0.05, 0) is 33.4 Å². The van der Waals surface area contributed by atoms with Crippen LogP contribution in [0.2, 0.25) is 0 Å². The van der Waals surface area contributed by atoms with Gasteiger partial charge >= 0.3 is 0 Å². The highest BCUT2D eigenvalue weighted by Gasteiger charge is 2.28. The zero-order valence-electron chi connectivity index (χ0n) is 8.47. The molecule has 0 bridgehead atoms. The van der Waals surface area contributed by atoms with Crippen molar-refractivity contribution in [3.05, 3.63) is 23.7 Å². The Hall–Kier alpha value is -1.09. The third kappa shape index (κ3) is 1.80. The summed E-state index contributed by atoms with van der Waals surface area (Å²) in [4.78, 5) is 11.9. The average Bonchev–Trinajstić information content (AvgIpc) is 2.50. The van der Waals surface area contributed by atoms with Crippen molar-refractivity contribution < 1.29 is 9.21 Å². The van der Waals surface area contributed by atoms with Crippen molar-refractivity contribution in [2.45, 2.75) is 26.3 Å². The summed E-state index contributed by atoms with van der Waals surface area (Å²) in [6, 6.07) is 0. The molecule has 1 N–H and O–H groups in total. The number of hydrogen-bond acceptors (Lipinski definition) is 3. The van der Waals surface area contributed by atoms with Gasteiger partial charge in [-0.3, -0.25) is 4.79 Å². The van der Waals surface area contributed by atoms with Crippen LogP contribution < -0.4 is 5.32 Å². The summed E-state index contributed by atoms with van der Waals surface area (Å²) in [5.41, 5.74) is 1.00. The van der Waals surface area contributed by atoms with Crippen molar-refractivity contribution in [1.82, 2.24) is 5.32 Å². The zero-order valence-corrected chi connectivity index (χ0v) is 8.47. The number of carbonyl (C=O) groups excluding carboxylic acids is 1. The molecular formula is C10H15NO2. The Labute approximate surface area is 78.1 Å². The minimum Gasteiger partial charge on any atom is -0.472 e. The average molecular weight is 181 g/mol. The first-order valence-corrected chi connectivity index (χ1v) is 4.25. The SMILES string of the molecule is CNC(C)(C)C(=O)c1cocc1C. The van der Waals surface area contributed by atoms with Crippen molar-refractivity contribution in [3.8, 4) is 0 Å². The van der Waals surface area contributed by atoms with E-state index in [-0.39, 0.29) is 5.78 Å². The summed E-state index contributed by atoms with van der Waals surface area (Å²) < 4.78 is 4.96. The van der Waals surface area contributed by atoms with Gasteiger partial charge in [-0.1, -0.05) is 0 Å². The molecule has 0 spiro atoms. The summed E-state index contributed by atoms with van der Waals surface area (Å²) in [6.07, 6.45) is 3.08. The lowest BCUT2D eigenvalue weighted by Crippen LogP contribution is -2.44. The first-order valence-electron chi connectivity index (χ1n) is 4.25. The number of rotatable bonds is 3. The van der Waals surface area contributed by atoms with Crippen LogP contribution in [-0.4, -0.2) is 18.4 Å². The minimum absolute atomic E-state index is 0.0567. The van der Waals surface area contributed by atoms with E-state index in [0.717, 1.165) is 5.56 Å². The molecule has 0 aliphatic carbocycles. The van der Waals surface area contributed by atoms with Gasteiger partial charge in [-0.15, -0.1) is 0 Å². The van der Waals surface area contributed by atoms with Crippen molar-refractivity contribution >= 4 is 5.78 Å². The Morgan fingerprint density at radius 1 is 1.46 bits per heavy atom. The van der Waals surface area contributed by atoms with Crippen LogP contribution in [0.4, 0.5) is 0 Å². The number of furan rings is 1. The second-order valence-corrected chi connectivity index (χ2v) is 3.67. The molecule has 72 valence electrons. The highest BCUT2D eigenvalue weighted by Crippen LogP contribution is 2.16. The maximum atomic E-state index is 11.9. The first-order chi connectivity index (χ1) is 5.99. The van der Waals surface area contributed by atoms with Crippen LogP contribution in [0.1, 0.15) is 29.8 Å². The van der Waals surface area contributed by atoms with Crippen LogP contribution in [0.25, 0.3) is 0 Å². The number of likely N-dealkylation sites (N-methyl/N-ethyl adjacent to an activating group) is 1. The van der Waals surface area contributed by atoms with E-state index in [1.165, 1.54) is 6.26 Å². The lowest BCUT2D eigenvalue weighted by Gasteiger charge is -2.21. The molecule has 1 aromatic heterocycles. The van der Waals surface area contributed by atoms with E-state index in [1.54, 1.807) is 13.3 Å². The molecule has 0 aromatic carbocycles. The van der Waals surface area contributed by atoms with E-state index >= 15 is 0 Å². The van der Waals surface area contributed by atoms with Gasteiger partial charge in [0.1, 0.15) is 6.26 Å². The lowest BCUT2D eigenvalue weighted by molar-refractivity contribution is 0.0888. The highest BCUT2D eigenvalue weighted by atomic mass is 16.3. The molecule has 3 nitrogen and oxygen atoms in total. The standard InChI is InChI=1S/C10H15NO2/c1-7-5-13-6-8(7)9(12)10(2,3)11-4/h5-6,11H,1-4H3. The van der Waals surface area contributed by atoms with Crippen molar-refractivity contribution in [3.63, 3.8) is 0 Å². The van der Waals surface area contributed by atoms with Crippen molar-refractivity contribution in [2.75, 3.05) is 7.05 Å². The van der Waals surface area contributed by atoms with E-state index < -0.39 is 5.54 Å². The van der Waals surface area contributed by atoms with Crippen LogP contribution in [0.5, 0.6) is 0 Å². The molecule has 0 unspecified atom stereocenters. The Morgan fingerprint density at radius 2 is 2.08 bits per heavy atom. The molecule has 0 amide bonds. The summed E-state index contributed by atoms with van der Waals surface area (Å²) in [5.74, 6) is 0.0567. The number of aryl methyl sites for hydroxylation is 1. The predicted octanol–water partition coefficient (Wildman–Crippen LogP) is 1.77. The fourth-order valence-corrected chi connectivity index (χ4v) is 1.04. The van der Waals surface area contributed by atoms with Crippen LogP contribution in [0, 0.1) is 6.92 Å². The van der Waals surface area contributed by atoms with Crippen LogP contribution in [0.3, 0.4) is 0 Å². The smallest absolute Gasteiger partial charge is 0.185 e. The Bertz CT molecular complexity index is 312. The molecule has 1 aromatic rings. The van der Waals surface area contributed by atoms with Gasteiger partial charge in [-0.2, -0.15) is 0 Å². The molecule has 0 saturated carbocycles. The molecule has 3 heteroatoms. The predicted molar refractivity (Wildman–Crippen MR) is 50.9 cm³/mol. The minimum atomic E-state index is -0.533. The number of carbonyl (C=O) groups is 1. The largest absolute Gasteiger partial charge is 0.472 e. The molecule has 0 aliphatic heterocycles. The zero-order chi connectivity index (χ0) is 10.1. The van der Waals surface area contributed by atoms with Crippen LogP contribution in [0.15, 0.2) is 16.9 Å². The number of ketones is 1. The summed E-state index contributed by atoms with van der Waals surface area (Å²) >= 11 is 0. The molecule has 0 saturated heterocycles. The second kappa shape index (κ2) is 3.34. The molecular weight excluding hydrogens is 166 g/mol. The summed E-state index contributed by atoms with van der Waals surface area (Å²) in [5, 5.41) is 2.97. The van der Waals surface area contributed by atoms with Crippen molar-refractivity contribution in [2.24, 2.45) is 0 Å². The molecule has 1 rings (SSSR count). The first kappa shape index (κ1) is 9.99. The number of Topliss-reactive ketones (excluding diaryl/α,β-unsaturated/α-hetero) is 1. The maximum absolute atomic E-state index is 11.9. The highest BCUT2D eigenvalue weighted by molar-refractivity contribution is 6.03. The third-order valence-corrected chi connectivity index (χ3v) is 2.29. The van der Waals surface area contributed by atoms with E-state index in [0.29, 0.717) is 5.56 Å². The topological polar surface area (TPSA) is 42.2 Å². The van der Waals surface area contributed by atoms with Gasteiger partial charge in [0, 0.05) is 0 Å². The Morgan fingerprint density at radius 3 is 2.46 bits per heavy atom. The van der Waals surface area contributed by atoms with Crippen molar-refractivity contribution in [1.29, 1.82) is 0 Å². The Balaban J connectivity index is 2.98. The van der Waals surface area contributed by atoms with Gasteiger partial charge < -0.3 is 9.73 Å². The quantitative estimate of drug-likeness (QED) is 0.722. The molecule has 13 heavy (non-hydrogen) atoms. The van der Waals surface area contributed by atoms with Crippen LogP contribution >= 0.6 is 0 Å². The molecule has 1 heterocycles. The number of hydrogen-bond donors (Lipinski definition) is 1. The van der Waals surface area contributed by atoms with E-state index in [9.17, 15) is 4.79 Å². The molecule has 0 atom stereocenters. The summed E-state index contributed by atoms with van der Waals surface area (Å²) in [6.45, 7) is 5.56. The molecule has 0 aliphatic rings. The Kier molecular flexibility index (Phi) is 2.57. The fourth-order valence-electron chi connectivity index (χ4n) is 1.04. The molecule has 0 radical (unpaired) electrons. The molecule has 0 fully saturated rings.